The van der Waals surface area contributed by atoms with Crippen LogP contribution in [0.15, 0.2) is 18.2 Å². The van der Waals surface area contributed by atoms with E-state index in [1.165, 1.54) is 25.7 Å². The molecular weight excluding hydrogens is 319 g/mol. The maximum Gasteiger partial charge on any atom is 0.0450 e. The number of hydrogen-bond donors (Lipinski definition) is 0. The Bertz CT molecular complexity index is 432. The minimum Gasteiger partial charge on any atom is -0.0843 e. The van der Waals surface area contributed by atoms with Gasteiger partial charge in [0.05, 0.1) is 0 Å². The molecule has 0 amide bonds. The standard InChI is InChI=1S/C14H15BrCl2/c15-14(11-6-8-1-2-9(11)5-8)12-7-10(16)3-4-13(12)17/h3-4,7-9,11,14H,1-2,5-6H2. The first kappa shape index (κ1) is 12.3. The molecule has 2 fully saturated rings. The highest BCUT2D eigenvalue weighted by Gasteiger charge is 2.43. The Morgan fingerprint density at radius 1 is 1.18 bits per heavy atom. The summed E-state index contributed by atoms with van der Waals surface area (Å²) in [5.74, 6) is 2.59. The second-order valence-electron chi connectivity index (χ2n) is 5.41. The Morgan fingerprint density at radius 3 is 2.65 bits per heavy atom. The van der Waals surface area contributed by atoms with Gasteiger partial charge in [-0.25, -0.2) is 0 Å². The van der Waals surface area contributed by atoms with E-state index < -0.39 is 0 Å². The smallest absolute Gasteiger partial charge is 0.0450 e. The van der Waals surface area contributed by atoms with Gasteiger partial charge in [0.1, 0.15) is 0 Å². The minimum absolute atomic E-state index is 0.365. The lowest BCUT2D eigenvalue weighted by atomic mass is 9.84. The molecule has 4 atom stereocenters. The van der Waals surface area contributed by atoms with Crippen LogP contribution >= 0.6 is 39.1 Å². The van der Waals surface area contributed by atoms with Crippen LogP contribution in [-0.2, 0) is 0 Å². The Balaban J connectivity index is 1.86. The Kier molecular flexibility index (Phi) is 3.44. The summed E-state index contributed by atoms with van der Waals surface area (Å²) in [7, 11) is 0. The highest BCUT2D eigenvalue weighted by atomic mass is 79.9. The summed E-state index contributed by atoms with van der Waals surface area (Å²) in [5, 5.41) is 1.61. The lowest BCUT2D eigenvalue weighted by Gasteiger charge is -2.27. The first-order valence-corrected chi connectivity index (χ1v) is 7.91. The molecule has 3 heteroatoms. The zero-order valence-corrected chi connectivity index (χ0v) is 12.6. The van der Waals surface area contributed by atoms with Crippen molar-refractivity contribution in [2.75, 3.05) is 0 Å². The van der Waals surface area contributed by atoms with E-state index >= 15 is 0 Å². The zero-order valence-electron chi connectivity index (χ0n) is 9.50. The predicted molar refractivity (Wildman–Crippen MR) is 77.1 cm³/mol. The lowest BCUT2D eigenvalue weighted by Crippen LogP contribution is -2.15. The van der Waals surface area contributed by atoms with Crippen molar-refractivity contribution in [1.29, 1.82) is 0 Å². The van der Waals surface area contributed by atoms with Crippen LogP contribution in [0.2, 0.25) is 10.0 Å². The molecule has 0 aliphatic heterocycles. The molecule has 0 nitrogen and oxygen atoms in total. The maximum atomic E-state index is 6.28. The predicted octanol–water partition coefficient (Wildman–Crippen LogP) is 5.87. The molecule has 0 N–H and O–H groups in total. The van der Waals surface area contributed by atoms with Crippen molar-refractivity contribution in [3.8, 4) is 0 Å². The molecule has 1 aromatic rings. The summed E-state index contributed by atoms with van der Waals surface area (Å²) in [6.07, 6.45) is 5.61. The SMILES string of the molecule is Clc1ccc(Cl)c(C(Br)C2CC3CCC2C3)c1. The van der Waals surface area contributed by atoms with Gasteiger partial charge in [0, 0.05) is 14.9 Å². The molecule has 2 bridgehead atoms. The van der Waals surface area contributed by atoms with E-state index in [-0.39, 0.29) is 0 Å². The average Bonchev–Trinajstić information content (AvgIpc) is 2.93. The molecule has 92 valence electrons. The maximum absolute atomic E-state index is 6.28. The number of benzene rings is 1. The zero-order chi connectivity index (χ0) is 12.0. The summed E-state index contributed by atoms with van der Waals surface area (Å²) >= 11 is 16.2. The van der Waals surface area contributed by atoms with Gasteiger partial charge in [0.2, 0.25) is 0 Å². The van der Waals surface area contributed by atoms with Gasteiger partial charge in [-0.05, 0) is 60.8 Å². The van der Waals surface area contributed by atoms with Crippen LogP contribution in [0.25, 0.3) is 0 Å². The molecule has 3 rings (SSSR count). The fourth-order valence-corrected chi connectivity index (χ4v) is 5.18. The number of fused-ring (bicyclic) bond motifs is 2. The van der Waals surface area contributed by atoms with E-state index in [2.05, 4.69) is 15.9 Å². The quantitative estimate of drug-likeness (QED) is 0.594. The molecule has 0 spiro atoms. The van der Waals surface area contributed by atoms with Gasteiger partial charge >= 0.3 is 0 Å². The summed E-state index contributed by atoms with van der Waals surface area (Å²) in [5.41, 5.74) is 1.16. The topological polar surface area (TPSA) is 0 Å². The normalized spacial score (nSPS) is 33.0. The van der Waals surface area contributed by atoms with Crippen molar-refractivity contribution in [1.82, 2.24) is 0 Å². The fraction of sp³-hybridized carbons (Fsp3) is 0.571. The fourth-order valence-electron chi connectivity index (χ4n) is 3.61. The van der Waals surface area contributed by atoms with Gasteiger partial charge in [0.15, 0.2) is 0 Å². The Morgan fingerprint density at radius 2 is 2.00 bits per heavy atom. The van der Waals surface area contributed by atoms with E-state index in [9.17, 15) is 0 Å². The van der Waals surface area contributed by atoms with Gasteiger partial charge in [-0.15, -0.1) is 0 Å². The second-order valence-corrected chi connectivity index (χ2v) is 7.24. The lowest BCUT2D eigenvalue weighted by molar-refractivity contribution is 0.329. The van der Waals surface area contributed by atoms with Crippen LogP contribution in [0.4, 0.5) is 0 Å². The Hall–Kier alpha value is 0.280. The Labute approximate surface area is 121 Å². The molecule has 2 saturated carbocycles. The number of halogens is 3. The van der Waals surface area contributed by atoms with Crippen molar-refractivity contribution < 1.29 is 0 Å². The molecule has 17 heavy (non-hydrogen) atoms. The van der Waals surface area contributed by atoms with Crippen LogP contribution in [-0.4, -0.2) is 0 Å². The molecule has 4 unspecified atom stereocenters. The van der Waals surface area contributed by atoms with Gasteiger partial charge in [0.25, 0.3) is 0 Å². The molecule has 0 heterocycles. The molecule has 0 saturated heterocycles. The van der Waals surface area contributed by atoms with Crippen LogP contribution < -0.4 is 0 Å². The van der Waals surface area contributed by atoms with Gasteiger partial charge in [-0.1, -0.05) is 45.6 Å². The van der Waals surface area contributed by atoms with Crippen LogP contribution in [0.3, 0.4) is 0 Å². The van der Waals surface area contributed by atoms with Gasteiger partial charge in [-0.3, -0.25) is 0 Å². The van der Waals surface area contributed by atoms with E-state index in [1.54, 1.807) is 0 Å². The summed E-state index contributed by atoms with van der Waals surface area (Å²) < 4.78 is 0. The summed E-state index contributed by atoms with van der Waals surface area (Å²) in [6, 6.07) is 5.77. The second kappa shape index (κ2) is 4.75. The van der Waals surface area contributed by atoms with Crippen molar-refractivity contribution in [3.63, 3.8) is 0 Å². The number of hydrogen-bond acceptors (Lipinski definition) is 0. The van der Waals surface area contributed by atoms with Crippen molar-refractivity contribution >= 4 is 39.1 Å². The molecule has 2 aliphatic rings. The summed E-state index contributed by atoms with van der Waals surface area (Å²) in [4.78, 5) is 0.365. The van der Waals surface area contributed by atoms with Crippen molar-refractivity contribution in [2.24, 2.45) is 17.8 Å². The van der Waals surface area contributed by atoms with Crippen LogP contribution in [0, 0.1) is 17.8 Å². The van der Waals surface area contributed by atoms with Crippen molar-refractivity contribution in [3.05, 3.63) is 33.8 Å². The van der Waals surface area contributed by atoms with Crippen molar-refractivity contribution in [2.45, 2.75) is 30.5 Å². The summed E-state index contributed by atoms with van der Waals surface area (Å²) in [6.45, 7) is 0. The van der Waals surface area contributed by atoms with E-state index in [0.29, 0.717) is 4.83 Å². The minimum atomic E-state index is 0.365. The number of alkyl halides is 1. The third-order valence-corrected chi connectivity index (χ3v) is 6.18. The highest BCUT2D eigenvalue weighted by Crippen LogP contribution is 2.55. The molecule has 0 aromatic heterocycles. The van der Waals surface area contributed by atoms with E-state index in [0.717, 1.165) is 33.4 Å². The monoisotopic (exact) mass is 332 g/mol. The van der Waals surface area contributed by atoms with E-state index in [1.807, 2.05) is 18.2 Å². The largest absolute Gasteiger partial charge is 0.0843 e. The van der Waals surface area contributed by atoms with E-state index in [4.69, 9.17) is 23.2 Å². The van der Waals surface area contributed by atoms with Gasteiger partial charge < -0.3 is 0 Å². The number of rotatable bonds is 2. The molecule has 0 radical (unpaired) electrons. The van der Waals surface area contributed by atoms with Crippen LogP contribution in [0.5, 0.6) is 0 Å². The molecular formula is C14H15BrCl2. The third kappa shape index (κ3) is 2.27. The molecule has 1 aromatic carbocycles. The van der Waals surface area contributed by atoms with Gasteiger partial charge in [-0.2, -0.15) is 0 Å². The van der Waals surface area contributed by atoms with Crippen LogP contribution in [0.1, 0.15) is 36.1 Å². The highest BCUT2D eigenvalue weighted by molar-refractivity contribution is 9.09. The first-order valence-electron chi connectivity index (χ1n) is 6.24. The molecule has 2 aliphatic carbocycles. The average molecular weight is 334 g/mol. The third-order valence-electron chi connectivity index (χ3n) is 4.42. The first-order chi connectivity index (χ1) is 8.15.